The average Bonchev–Trinajstić information content (AvgIpc) is 2.54. The zero-order chi connectivity index (χ0) is 13.9. The van der Waals surface area contributed by atoms with E-state index in [2.05, 4.69) is 17.4 Å². The van der Waals surface area contributed by atoms with E-state index in [0.29, 0.717) is 0 Å². The van der Waals surface area contributed by atoms with E-state index in [1.165, 1.54) is 11.1 Å². The predicted octanol–water partition coefficient (Wildman–Crippen LogP) is 2.36. The summed E-state index contributed by atoms with van der Waals surface area (Å²) in [5.74, 6) is 0.116. The second-order valence-electron chi connectivity index (χ2n) is 5.14. The molecule has 3 nitrogen and oxygen atoms in total. The van der Waals surface area contributed by atoms with Gasteiger partial charge >= 0.3 is 0 Å². The molecular weight excluding hydrogens is 248 g/mol. The Bertz CT molecular complexity index is 609. The van der Waals surface area contributed by atoms with Crippen LogP contribution in [-0.4, -0.2) is 19.0 Å². The second kappa shape index (κ2) is 5.47. The van der Waals surface area contributed by atoms with E-state index in [4.69, 9.17) is 0 Å². The van der Waals surface area contributed by atoms with Gasteiger partial charge in [0.2, 0.25) is 5.91 Å². The summed E-state index contributed by atoms with van der Waals surface area (Å²) in [5, 5.41) is 3.33. The Morgan fingerprint density at radius 2 is 1.70 bits per heavy atom. The number of fused-ring (bicyclic) bond motifs is 1. The van der Waals surface area contributed by atoms with E-state index in [9.17, 15) is 4.79 Å². The number of hydrogen-bond donors (Lipinski definition) is 1. The van der Waals surface area contributed by atoms with Gasteiger partial charge < -0.3 is 10.2 Å². The van der Waals surface area contributed by atoms with Gasteiger partial charge in [-0.3, -0.25) is 4.79 Å². The molecule has 20 heavy (non-hydrogen) atoms. The number of carbonyl (C=O) groups excluding carboxylic acids is 1. The SMILES string of the molecule is CN(C(=O)[C@@H]1Cc2ccccc2CN1)c1ccccc1. The van der Waals surface area contributed by atoms with Gasteiger partial charge in [0.25, 0.3) is 0 Å². The van der Waals surface area contributed by atoms with E-state index < -0.39 is 0 Å². The van der Waals surface area contributed by atoms with Crippen molar-refractivity contribution in [2.45, 2.75) is 19.0 Å². The molecule has 1 amide bonds. The molecule has 2 aromatic carbocycles. The molecule has 1 N–H and O–H groups in total. The van der Waals surface area contributed by atoms with Crippen molar-refractivity contribution in [3.8, 4) is 0 Å². The number of amides is 1. The van der Waals surface area contributed by atoms with Crippen LogP contribution in [0.3, 0.4) is 0 Å². The molecule has 0 radical (unpaired) electrons. The molecule has 0 saturated heterocycles. The Kier molecular flexibility index (Phi) is 3.52. The number of nitrogens with zero attached hydrogens (tertiary/aromatic N) is 1. The first-order valence-electron chi connectivity index (χ1n) is 6.88. The van der Waals surface area contributed by atoms with Crippen molar-refractivity contribution in [3.05, 3.63) is 65.7 Å². The molecule has 102 valence electrons. The molecule has 3 rings (SSSR count). The molecule has 1 heterocycles. The Morgan fingerprint density at radius 1 is 1.05 bits per heavy atom. The number of carbonyl (C=O) groups is 1. The summed E-state index contributed by atoms with van der Waals surface area (Å²) in [6.07, 6.45) is 0.756. The third-order valence-corrected chi connectivity index (χ3v) is 3.85. The van der Waals surface area contributed by atoms with E-state index in [1.807, 2.05) is 49.5 Å². The molecule has 0 aromatic heterocycles. The van der Waals surface area contributed by atoms with Gasteiger partial charge in [0.05, 0.1) is 6.04 Å². The van der Waals surface area contributed by atoms with Gasteiger partial charge in [-0.05, 0) is 29.7 Å². The quantitative estimate of drug-likeness (QED) is 0.905. The number of anilines is 1. The van der Waals surface area contributed by atoms with Gasteiger partial charge in [0, 0.05) is 19.3 Å². The van der Waals surface area contributed by atoms with Crippen LogP contribution in [0.15, 0.2) is 54.6 Å². The van der Waals surface area contributed by atoms with Crippen LogP contribution < -0.4 is 10.2 Å². The highest BCUT2D eigenvalue weighted by atomic mass is 16.2. The van der Waals surface area contributed by atoms with Crippen LogP contribution >= 0.6 is 0 Å². The van der Waals surface area contributed by atoms with Crippen LogP contribution in [0.5, 0.6) is 0 Å². The fourth-order valence-electron chi connectivity index (χ4n) is 2.64. The van der Waals surface area contributed by atoms with Gasteiger partial charge in [0.1, 0.15) is 0 Å². The third kappa shape index (κ3) is 2.45. The largest absolute Gasteiger partial charge is 0.314 e. The zero-order valence-electron chi connectivity index (χ0n) is 11.5. The Balaban J connectivity index is 1.76. The van der Waals surface area contributed by atoms with Crippen LogP contribution in [0.4, 0.5) is 5.69 Å². The maximum atomic E-state index is 12.6. The highest BCUT2D eigenvalue weighted by molar-refractivity contribution is 5.97. The van der Waals surface area contributed by atoms with Crippen LogP contribution in [-0.2, 0) is 17.8 Å². The molecule has 3 heteroatoms. The Morgan fingerprint density at radius 3 is 2.45 bits per heavy atom. The lowest BCUT2D eigenvalue weighted by Gasteiger charge is -2.29. The number of hydrogen-bond acceptors (Lipinski definition) is 2. The van der Waals surface area contributed by atoms with Gasteiger partial charge in [-0.1, -0.05) is 42.5 Å². The normalized spacial score (nSPS) is 17.4. The molecule has 1 atom stereocenters. The minimum Gasteiger partial charge on any atom is -0.314 e. The van der Waals surface area contributed by atoms with Crippen molar-refractivity contribution in [1.82, 2.24) is 5.32 Å². The molecule has 0 aliphatic carbocycles. The van der Waals surface area contributed by atoms with Crippen molar-refractivity contribution in [2.75, 3.05) is 11.9 Å². The second-order valence-corrected chi connectivity index (χ2v) is 5.14. The number of para-hydroxylation sites is 1. The van der Waals surface area contributed by atoms with Crippen LogP contribution in [0.1, 0.15) is 11.1 Å². The Labute approximate surface area is 119 Å². The van der Waals surface area contributed by atoms with Gasteiger partial charge in [-0.15, -0.1) is 0 Å². The molecule has 2 aromatic rings. The fourth-order valence-corrected chi connectivity index (χ4v) is 2.64. The van der Waals surface area contributed by atoms with E-state index in [1.54, 1.807) is 4.90 Å². The van der Waals surface area contributed by atoms with Crippen LogP contribution in [0, 0.1) is 0 Å². The topological polar surface area (TPSA) is 32.3 Å². The molecule has 1 aliphatic heterocycles. The van der Waals surface area contributed by atoms with Gasteiger partial charge in [-0.2, -0.15) is 0 Å². The molecular formula is C17H18N2O. The van der Waals surface area contributed by atoms with Crippen molar-refractivity contribution >= 4 is 11.6 Å². The monoisotopic (exact) mass is 266 g/mol. The van der Waals surface area contributed by atoms with Crippen molar-refractivity contribution < 1.29 is 4.79 Å². The minimum absolute atomic E-state index is 0.116. The molecule has 1 aliphatic rings. The summed E-state index contributed by atoms with van der Waals surface area (Å²) in [7, 11) is 1.83. The lowest BCUT2D eigenvalue weighted by atomic mass is 9.95. The molecule has 0 unspecified atom stereocenters. The lowest BCUT2D eigenvalue weighted by molar-refractivity contribution is -0.120. The number of likely N-dealkylation sites (N-methyl/N-ethyl adjacent to an activating group) is 1. The highest BCUT2D eigenvalue weighted by Crippen LogP contribution is 2.19. The van der Waals surface area contributed by atoms with Crippen LogP contribution in [0.25, 0.3) is 0 Å². The first-order chi connectivity index (χ1) is 9.75. The first-order valence-corrected chi connectivity index (χ1v) is 6.88. The summed E-state index contributed by atoms with van der Waals surface area (Å²) < 4.78 is 0. The molecule has 0 fully saturated rings. The summed E-state index contributed by atoms with van der Waals surface area (Å²) in [6, 6.07) is 17.9. The maximum absolute atomic E-state index is 12.6. The van der Waals surface area contributed by atoms with Crippen molar-refractivity contribution in [3.63, 3.8) is 0 Å². The van der Waals surface area contributed by atoms with E-state index >= 15 is 0 Å². The van der Waals surface area contributed by atoms with Gasteiger partial charge in [-0.25, -0.2) is 0 Å². The number of rotatable bonds is 2. The zero-order valence-corrected chi connectivity index (χ0v) is 11.5. The molecule has 0 spiro atoms. The molecule has 0 bridgehead atoms. The highest BCUT2D eigenvalue weighted by Gasteiger charge is 2.26. The molecule has 0 saturated carbocycles. The predicted molar refractivity (Wildman–Crippen MR) is 80.6 cm³/mol. The summed E-state index contributed by atoms with van der Waals surface area (Å²) in [6.45, 7) is 0.759. The van der Waals surface area contributed by atoms with Crippen LogP contribution in [0.2, 0.25) is 0 Å². The number of nitrogens with one attached hydrogen (secondary N) is 1. The standard InChI is InChI=1S/C17H18N2O/c1-19(15-9-3-2-4-10-15)17(20)16-11-13-7-5-6-8-14(13)12-18-16/h2-10,16,18H,11-12H2,1H3/t16-/m0/s1. The van der Waals surface area contributed by atoms with E-state index in [0.717, 1.165) is 18.7 Å². The van der Waals surface area contributed by atoms with Gasteiger partial charge in [0.15, 0.2) is 0 Å². The minimum atomic E-state index is -0.143. The Hall–Kier alpha value is -2.13. The first kappa shape index (κ1) is 12.9. The van der Waals surface area contributed by atoms with E-state index in [-0.39, 0.29) is 11.9 Å². The smallest absolute Gasteiger partial charge is 0.244 e. The summed E-state index contributed by atoms with van der Waals surface area (Å²) in [4.78, 5) is 14.3. The van der Waals surface area contributed by atoms with Crippen molar-refractivity contribution in [1.29, 1.82) is 0 Å². The third-order valence-electron chi connectivity index (χ3n) is 3.85. The fraction of sp³-hybridized carbons (Fsp3) is 0.235. The summed E-state index contributed by atoms with van der Waals surface area (Å²) >= 11 is 0. The average molecular weight is 266 g/mol. The maximum Gasteiger partial charge on any atom is 0.244 e. The summed E-state index contributed by atoms with van der Waals surface area (Å²) in [5.41, 5.74) is 3.49. The lowest BCUT2D eigenvalue weighted by Crippen LogP contribution is -2.48. The van der Waals surface area contributed by atoms with Crippen molar-refractivity contribution in [2.24, 2.45) is 0 Å². The number of benzene rings is 2.